The molecule has 0 bridgehead atoms. The molecular weight excluding hydrogens is 1880 g/mol. The standard InChI is InChI=1S/C88H119N21O29S2/c1-50-12-10-21-92-61-39-68(66(129-4)37-57(61)78(119)97-44-50)136-24-8-7-9-25-137-69-40-62(58(38-67(69)130-5)84(125)109-48-51(2)36-56(109)47-98-131-6)106-88(128)138-34-35-139-140-49-52(3)99-71(111)20-26-132-28-30-134-32-33-135-31-29-133-27-23-93-79(120)63(41-72(112)113)104-82(123)65(43-74(116)117)105-80(121)59(13-11-22-94-86(89)90)102-81(122)64(42-73(114)115)101-70(110)19-18-60(85(126)127)103-77(118)53-14-16-54(17-15-53)95-45-55-46-96-76-75(100-55)83(124)108-87(91)107-76/h14-17,21,37-40,46-47,52,56,59-60,63-65,95H,1-2,7-13,18-20,22-36,41-45,48-49H2,3-6H3,(H,93,120)(H,97,119)(H,99,111)(H,101,110)(H,102,122)(H,103,118)(H,104,123)(H,105,121)(H,106,128)(H,112,113)(H,114,115)(H,116,117)(H,126,127)(H4,89,90,94)(H3,91,96,107,108,124)/b92-21?,98-47+/t52-,56+,59+,60+,63+,64+,65+/m1/s1. The number of aromatic amines is 1. The van der Waals surface area contributed by atoms with Crippen LogP contribution in [-0.2, 0) is 83.0 Å². The summed E-state index contributed by atoms with van der Waals surface area (Å²) in [6, 6.07) is 1.87. The van der Waals surface area contributed by atoms with Crippen LogP contribution < -0.4 is 94.5 Å². The summed E-state index contributed by atoms with van der Waals surface area (Å²) in [7, 11) is 7.20. The first kappa shape index (κ1) is 112. The van der Waals surface area contributed by atoms with Gasteiger partial charge in [0.2, 0.25) is 41.4 Å². The molecule has 21 N–H and O–H groups in total. The van der Waals surface area contributed by atoms with Gasteiger partial charge in [0.05, 0.1) is 153 Å². The molecule has 2 aliphatic rings. The molecule has 2 aromatic heterocycles. The van der Waals surface area contributed by atoms with Gasteiger partial charge >= 0.3 is 30.0 Å². The van der Waals surface area contributed by atoms with Gasteiger partial charge in [0, 0.05) is 86.2 Å². The number of carbonyl (C=O) groups is 14. The van der Waals surface area contributed by atoms with Crippen molar-refractivity contribution in [3.63, 3.8) is 0 Å². The number of likely N-dealkylation sites (tertiary alicyclic amines) is 1. The number of aliphatic imine (C=N–C) groups is 1. The first-order valence-electron chi connectivity index (χ1n) is 44.2. The Hall–Kier alpha value is -14.5. The third kappa shape index (κ3) is 40.3. The van der Waals surface area contributed by atoms with Gasteiger partial charge in [0.1, 0.15) is 43.9 Å². The summed E-state index contributed by atoms with van der Waals surface area (Å²) >= 11 is 0. The summed E-state index contributed by atoms with van der Waals surface area (Å²) in [4.78, 5) is 221. The van der Waals surface area contributed by atoms with Crippen LogP contribution in [0.4, 0.5) is 27.8 Å². The second-order valence-electron chi connectivity index (χ2n) is 31.2. The van der Waals surface area contributed by atoms with Crippen LogP contribution in [-0.4, -0.2) is 321 Å². The predicted molar refractivity (Wildman–Crippen MR) is 510 cm³/mol. The SMILES string of the molecule is C=C1CCC=Nc2cc(OCCCCCOc3cc(NC(=O)OCCSSC[C@@H](C)NC(=O)CCOCCOCCOCCOCCNC(=O)[C@H](CC(=O)O)NC(=O)[C@H](CC(=O)O)NC(=O)[C@H](CCCNC(=N)N)NC(=O)[C@H](CC(=O)O)NC(=O)CC[C@H](NC(=O)c4ccc(NCc5cnc6nc(N)[nH]c(=O)c6n5)cc4)C(=O)O)c(C(=O)N4CC(=C)C[C@H]4/C=N/OC)cc3OC)c(OC)cc2C(=O)NC1. The molecule has 7 rings (SSSR count). The van der Waals surface area contributed by atoms with Gasteiger partial charge in [0.25, 0.3) is 23.3 Å². The van der Waals surface area contributed by atoms with Crippen LogP contribution >= 0.6 is 21.6 Å². The number of nitrogens with zero attached hydrogens (tertiary/aromatic N) is 6. The quantitative estimate of drug-likeness (QED) is 0.00661. The molecule has 762 valence electrons. The number of aliphatic carboxylic acids is 4. The van der Waals surface area contributed by atoms with E-state index in [0.29, 0.717) is 97.3 Å². The number of rotatable bonds is 63. The van der Waals surface area contributed by atoms with E-state index >= 15 is 0 Å². The Labute approximate surface area is 810 Å². The number of unbranched alkanes of at least 4 members (excludes halogenated alkanes) is 2. The second-order valence-corrected chi connectivity index (χ2v) is 33.9. The Bertz CT molecular complexity index is 5270. The van der Waals surface area contributed by atoms with Crippen LogP contribution in [0.15, 0.2) is 94.0 Å². The van der Waals surface area contributed by atoms with E-state index in [0.717, 1.165) is 11.1 Å². The fraction of sp³-hybridized carbons (Fsp3) is 0.489. The Morgan fingerprint density at radius 1 is 0.650 bits per heavy atom. The molecule has 5 aromatic rings. The lowest BCUT2D eigenvalue weighted by Crippen LogP contribution is -2.59. The number of nitrogens with one attached hydrogen (secondary N) is 13. The van der Waals surface area contributed by atoms with Crippen LogP contribution in [0.1, 0.15) is 134 Å². The number of methoxy groups -OCH3 is 2. The maximum atomic E-state index is 14.3. The average Bonchev–Trinajstić information content (AvgIpc) is 1.64. The van der Waals surface area contributed by atoms with Crippen molar-refractivity contribution >= 4 is 157 Å². The average molecular weight is 2000 g/mol. The largest absolute Gasteiger partial charge is 0.493 e. The maximum absolute atomic E-state index is 14.3. The molecule has 50 nitrogen and oxygen atoms in total. The van der Waals surface area contributed by atoms with Crippen LogP contribution in [0, 0.1) is 5.41 Å². The van der Waals surface area contributed by atoms with E-state index in [2.05, 4.69) is 102 Å². The molecule has 140 heavy (non-hydrogen) atoms. The molecule has 3 aromatic carbocycles. The van der Waals surface area contributed by atoms with Crippen LogP contribution in [0.3, 0.4) is 0 Å². The normalized spacial score (nSPS) is 14.2. The van der Waals surface area contributed by atoms with Crippen molar-refractivity contribution in [1.82, 2.24) is 72.7 Å². The number of aromatic nitrogens is 4. The number of fused-ring (bicyclic) bond motifs is 2. The number of carboxylic acids is 4. The first-order chi connectivity index (χ1) is 67.1. The lowest BCUT2D eigenvalue weighted by Gasteiger charge is -2.26. The Balaban J connectivity index is 0.752. The summed E-state index contributed by atoms with van der Waals surface area (Å²) in [6.45, 7) is 11.6. The Kier molecular flexibility index (Phi) is 48.4. The fourth-order valence-electron chi connectivity index (χ4n) is 13.3. The summed E-state index contributed by atoms with van der Waals surface area (Å²) in [6.07, 6.45) is 2.45. The number of benzene rings is 3. The van der Waals surface area contributed by atoms with E-state index in [-0.39, 0.29) is 168 Å². The fourth-order valence-corrected chi connectivity index (χ4v) is 15.4. The van der Waals surface area contributed by atoms with Crippen molar-refractivity contribution in [3.05, 3.63) is 112 Å². The smallest absolute Gasteiger partial charge is 0.411 e. The van der Waals surface area contributed by atoms with Gasteiger partial charge < -0.3 is 137 Å². The maximum Gasteiger partial charge on any atom is 0.411 e. The molecule has 2 aliphatic heterocycles. The minimum Gasteiger partial charge on any atom is -0.493 e. The highest BCUT2D eigenvalue weighted by atomic mass is 33.1. The number of amides is 10. The molecule has 0 saturated carbocycles. The minimum atomic E-state index is -2.07. The molecule has 4 heterocycles. The monoisotopic (exact) mass is 2000 g/mol. The summed E-state index contributed by atoms with van der Waals surface area (Å²) < 4.78 is 51.2. The van der Waals surface area contributed by atoms with Crippen molar-refractivity contribution in [2.75, 3.05) is 148 Å². The molecular formula is C88H119N21O29S2. The molecule has 10 amide bonds. The molecule has 1 fully saturated rings. The highest BCUT2D eigenvalue weighted by molar-refractivity contribution is 8.76. The van der Waals surface area contributed by atoms with Crippen molar-refractivity contribution < 1.29 is 135 Å². The number of carboxylic acid groups (broad SMARTS) is 4. The van der Waals surface area contributed by atoms with Gasteiger partial charge in [-0.3, -0.25) is 83.0 Å². The van der Waals surface area contributed by atoms with E-state index in [1.165, 1.54) is 91.7 Å². The van der Waals surface area contributed by atoms with Gasteiger partial charge in [-0.2, -0.15) is 4.98 Å². The Morgan fingerprint density at radius 3 is 1.89 bits per heavy atom. The van der Waals surface area contributed by atoms with Gasteiger partial charge in [-0.05, 0) is 101 Å². The van der Waals surface area contributed by atoms with E-state index in [9.17, 15) is 92.3 Å². The second kappa shape index (κ2) is 60.3. The summed E-state index contributed by atoms with van der Waals surface area (Å²) in [5.74, 6) is -12.9. The summed E-state index contributed by atoms with van der Waals surface area (Å²) in [5, 5.41) is 78.0. The third-order valence-electron chi connectivity index (χ3n) is 20.2. The number of guanidine groups is 1. The number of hydrogen-bond donors (Lipinski definition) is 19. The highest BCUT2D eigenvalue weighted by Crippen LogP contribution is 2.38. The van der Waals surface area contributed by atoms with Gasteiger partial charge in [-0.1, -0.05) is 51.0 Å². The molecule has 0 unspecified atom stereocenters. The lowest BCUT2D eigenvalue weighted by atomic mass is 10.1. The van der Waals surface area contributed by atoms with Crippen molar-refractivity contribution in [2.24, 2.45) is 15.9 Å². The zero-order chi connectivity index (χ0) is 102. The van der Waals surface area contributed by atoms with Gasteiger partial charge in [-0.15, -0.1) is 0 Å². The van der Waals surface area contributed by atoms with Crippen LogP contribution in [0.5, 0.6) is 23.0 Å². The van der Waals surface area contributed by atoms with E-state index in [4.69, 9.17) is 64.3 Å². The highest BCUT2D eigenvalue weighted by Gasteiger charge is 2.37. The van der Waals surface area contributed by atoms with E-state index in [1.807, 2.05) is 6.92 Å². The number of anilines is 3. The zero-order valence-electron chi connectivity index (χ0n) is 77.6. The Morgan fingerprint density at radius 2 is 1.26 bits per heavy atom. The molecule has 0 aliphatic carbocycles. The number of oxime groups is 1. The topological polar surface area (TPSA) is 720 Å². The number of nitrogens with two attached hydrogens (primary N) is 2. The number of nitrogen functional groups attached to an aromatic ring is 1. The predicted octanol–water partition coefficient (Wildman–Crippen LogP) is 2.03. The zero-order valence-corrected chi connectivity index (χ0v) is 79.2. The van der Waals surface area contributed by atoms with Crippen molar-refractivity contribution in [3.8, 4) is 23.0 Å². The van der Waals surface area contributed by atoms with Crippen molar-refractivity contribution in [2.45, 2.75) is 146 Å². The van der Waals surface area contributed by atoms with Crippen LogP contribution in [0.2, 0.25) is 0 Å². The van der Waals surface area contributed by atoms with Gasteiger partial charge in [-0.25, -0.2) is 19.6 Å². The number of ether oxygens (including phenoxy) is 9. The lowest BCUT2D eigenvalue weighted by molar-refractivity contribution is -0.143. The van der Waals surface area contributed by atoms with Gasteiger partial charge in [0.15, 0.2) is 40.1 Å². The number of H-pyrrole nitrogens is 1. The van der Waals surface area contributed by atoms with E-state index < -0.39 is 158 Å². The molecule has 1 saturated heterocycles. The third-order valence-corrected chi connectivity index (χ3v) is 22.8. The minimum absolute atomic E-state index is 0.00451. The molecule has 0 spiro atoms. The van der Waals surface area contributed by atoms with Crippen LogP contribution in [0.25, 0.3) is 11.2 Å². The number of carbonyl (C=O) groups excluding carboxylic acids is 10. The molecule has 7 atom stereocenters. The summed E-state index contributed by atoms with van der Waals surface area (Å²) in [5.41, 5.74) is 13.8. The molecule has 0 radical (unpaired) electrons. The van der Waals surface area contributed by atoms with E-state index in [1.54, 1.807) is 23.2 Å². The van der Waals surface area contributed by atoms with Crippen molar-refractivity contribution in [1.29, 1.82) is 5.41 Å². The first-order valence-corrected chi connectivity index (χ1v) is 46.7. The molecule has 52 heteroatoms. The number of hydrogen-bond acceptors (Lipinski definition) is 35.